The van der Waals surface area contributed by atoms with E-state index in [2.05, 4.69) is 11.8 Å². The van der Waals surface area contributed by atoms with Gasteiger partial charge in [0.2, 0.25) is 0 Å². The van der Waals surface area contributed by atoms with Crippen molar-refractivity contribution in [1.29, 1.82) is 5.26 Å². The fraction of sp³-hybridized carbons (Fsp3) is 0.100. The van der Waals surface area contributed by atoms with E-state index in [0.29, 0.717) is 10.6 Å². The lowest BCUT2D eigenvalue weighted by Crippen LogP contribution is -1.86. The summed E-state index contributed by atoms with van der Waals surface area (Å²) in [6.45, 7) is 1.70. The summed E-state index contributed by atoms with van der Waals surface area (Å²) in [4.78, 5) is 0. The van der Waals surface area contributed by atoms with Gasteiger partial charge in [-0.25, -0.2) is 4.39 Å². The Labute approximate surface area is 80.8 Å². The van der Waals surface area contributed by atoms with E-state index in [9.17, 15) is 4.39 Å². The number of rotatable bonds is 0. The van der Waals surface area contributed by atoms with Crippen molar-refractivity contribution in [3.63, 3.8) is 0 Å². The molecule has 0 bridgehead atoms. The molecule has 3 heteroatoms. The van der Waals surface area contributed by atoms with Gasteiger partial charge in [-0.3, -0.25) is 0 Å². The first kappa shape index (κ1) is 9.58. The van der Waals surface area contributed by atoms with Crippen LogP contribution < -0.4 is 0 Å². The smallest absolute Gasteiger partial charge is 0.152 e. The summed E-state index contributed by atoms with van der Waals surface area (Å²) >= 11 is 5.75. The van der Waals surface area contributed by atoms with Crippen LogP contribution in [-0.2, 0) is 0 Å². The average molecular weight is 194 g/mol. The summed E-state index contributed by atoms with van der Waals surface area (Å²) < 4.78 is 13.1. The highest BCUT2D eigenvalue weighted by Gasteiger charge is 2.03. The molecule has 0 saturated heterocycles. The van der Waals surface area contributed by atoms with E-state index in [1.165, 1.54) is 12.1 Å². The number of nitrogens with zero attached hydrogens (tertiary/aromatic N) is 1. The first-order valence-corrected chi connectivity index (χ1v) is 3.88. The van der Waals surface area contributed by atoms with Crippen molar-refractivity contribution in [2.45, 2.75) is 6.92 Å². The Bertz CT molecular complexity index is 435. The number of hydrogen-bond donors (Lipinski definition) is 0. The molecule has 64 valence electrons. The zero-order valence-electron chi connectivity index (χ0n) is 6.86. The van der Waals surface area contributed by atoms with Gasteiger partial charge in [-0.05, 0) is 30.5 Å². The highest BCUT2D eigenvalue weighted by atomic mass is 35.5. The molecule has 1 rings (SSSR count). The Balaban J connectivity index is 3.25. The molecule has 0 spiro atoms. The quantitative estimate of drug-likeness (QED) is 0.581. The van der Waals surface area contributed by atoms with Crippen molar-refractivity contribution in [1.82, 2.24) is 0 Å². The summed E-state index contributed by atoms with van der Waals surface area (Å²) in [6.07, 6.45) is 0. The molecule has 1 aromatic rings. The van der Waals surface area contributed by atoms with Crippen LogP contribution in [0, 0.1) is 35.9 Å². The summed E-state index contributed by atoms with van der Waals surface area (Å²) in [5.74, 6) is 4.02. The zero-order chi connectivity index (χ0) is 9.84. The van der Waals surface area contributed by atoms with Gasteiger partial charge in [0, 0.05) is 10.9 Å². The predicted octanol–water partition coefficient (Wildman–Crippen LogP) is 2.66. The third-order valence-corrected chi connectivity index (χ3v) is 1.91. The number of hydrogen-bond acceptors (Lipinski definition) is 1. The van der Waals surface area contributed by atoms with Crippen LogP contribution in [0.25, 0.3) is 0 Å². The normalized spacial score (nSPS) is 8.46. The minimum Gasteiger partial charge on any atom is -0.206 e. The summed E-state index contributed by atoms with van der Waals surface area (Å²) in [5.41, 5.74) is 0.804. The van der Waals surface area contributed by atoms with Gasteiger partial charge >= 0.3 is 0 Å². The fourth-order valence-electron chi connectivity index (χ4n) is 0.837. The third-order valence-electron chi connectivity index (χ3n) is 1.50. The van der Waals surface area contributed by atoms with Crippen LogP contribution >= 0.6 is 11.6 Å². The van der Waals surface area contributed by atoms with Crippen molar-refractivity contribution in [2.24, 2.45) is 0 Å². The van der Waals surface area contributed by atoms with E-state index in [-0.39, 0.29) is 5.56 Å². The maximum Gasteiger partial charge on any atom is 0.152 e. The van der Waals surface area contributed by atoms with Gasteiger partial charge in [0.15, 0.2) is 6.07 Å². The van der Waals surface area contributed by atoms with Crippen LogP contribution in [0.2, 0.25) is 5.02 Å². The summed E-state index contributed by atoms with van der Waals surface area (Å²) in [5, 5.41) is 8.61. The van der Waals surface area contributed by atoms with Gasteiger partial charge in [0.1, 0.15) is 5.82 Å². The largest absolute Gasteiger partial charge is 0.206 e. The highest BCUT2D eigenvalue weighted by molar-refractivity contribution is 6.31. The lowest BCUT2D eigenvalue weighted by molar-refractivity contribution is 0.623. The molecule has 0 atom stereocenters. The first-order valence-electron chi connectivity index (χ1n) is 3.51. The lowest BCUT2D eigenvalue weighted by atomic mass is 10.1. The molecule has 0 fully saturated rings. The second-order valence-corrected chi connectivity index (χ2v) is 2.85. The van der Waals surface area contributed by atoms with Crippen LogP contribution in [0.5, 0.6) is 0 Å². The maximum absolute atomic E-state index is 13.1. The van der Waals surface area contributed by atoms with Crippen LogP contribution in [-0.4, -0.2) is 0 Å². The summed E-state index contributed by atoms with van der Waals surface area (Å²) in [6, 6.07) is 4.32. The molecule has 0 heterocycles. The van der Waals surface area contributed by atoms with Gasteiger partial charge in [0.25, 0.3) is 0 Å². The predicted molar refractivity (Wildman–Crippen MR) is 48.6 cm³/mol. The van der Waals surface area contributed by atoms with Gasteiger partial charge in [-0.2, -0.15) is 5.26 Å². The Hall–Kier alpha value is -1.51. The molecule has 0 aromatic heterocycles. The minimum absolute atomic E-state index is 0.150. The Morgan fingerprint density at radius 2 is 2.15 bits per heavy atom. The Morgan fingerprint density at radius 1 is 1.46 bits per heavy atom. The molecule has 0 aliphatic rings. The number of aryl methyl sites for hydroxylation is 1. The molecule has 0 saturated carbocycles. The third kappa shape index (κ3) is 2.21. The van der Waals surface area contributed by atoms with Crippen LogP contribution in [0.3, 0.4) is 0 Å². The standard InChI is InChI=1S/C10H5ClFN/c1-7-5-10(12)8(3-2-4-13)6-9(7)11/h5-6H,1H3. The molecular formula is C10H5ClFN. The number of halogens is 2. The maximum atomic E-state index is 13.1. The lowest BCUT2D eigenvalue weighted by Gasteiger charge is -1.99. The van der Waals surface area contributed by atoms with Gasteiger partial charge < -0.3 is 0 Å². The van der Waals surface area contributed by atoms with E-state index in [4.69, 9.17) is 16.9 Å². The molecule has 0 aliphatic carbocycles. The number of nitriles is 1. The van der Waals surface area contributed by atoms with Crippen LogP contribution in [0.1, 0.15) is 11.1 Å². The topological polar surface area (TPSA) is 23.8 Å². The molecule has 0 unspecified atom stereocenters. The van der Waals surface area contributed by atoms with E-state index in [1.54, 1.807) is 13.0 Å². The second kappa shape index (κ2) is 3.94. The minimum atomic E-state index is -0.454. The molecular weight excluding hydrogens is 189 g/mol. The average Bonchev–Trinajstić information content (AvgIpc) is 2.09. The van der Waals surface area contributed by atoms with Crippen LogP contribution in [0.4, 0.5) is 4.39 Å². The van der Waals surface area contributed by atoms with Crippen molar-refractivity contribution >= 4 is 11.6 Å². The Morgan fingerprint density at radius 3 is 2.77 bits per heavy atom. The number of benzene rings is 1. The van der Waals surface area contributed by atoms with Crippen molar-refractivity contribution in [3.05, 3.63) is 34.1 Å². The monoisotopic (exact) mass is 193 g/mol. The van der Waals surface area contributed by atoms with Crippen molar-refractivity contribution in [2.75, 3.05) is 0 Å². The Kier molecular flexibility index (Phi) is 2.90. The van der Waals surface area contributed by atoms with E-state index in [0.717, 1.165) is 0 Å². The van der Waals surface area contributed by atoms with Crippen LogP contribution in [0.15, 0.2) is 12.1 Å². The molecule has 13 heavy (non-hydrogen) atoms. The zero-order valence-corrected chi connectivity index (χ0v) is 7.61. The highest BCUT2D eigenvalue weighted by Crippen LogP contribution is 2.19. The molecule has 0 aliphatic heterocycles. The molecule has 0 N–H and O–H groups in total. The van der Waals surface area contributed by atoms with E-state index < -0.39 is 5.82 Å². The van der Waals surface area contributed by atoms with Gasteiger partial charge in [0.05, 0.1) is 5.56 Å². The van der Waals surface area contributed by atoms with Gasteiger partial charge in [-0.15, -0.1) is 0 Å². The first-order chi connectivity index (χ1) is 6.15. The van der Waals surface area contributed by atoms with Gasteiger partial charge in [-0.1, -0.05) is 11.6 Å². The molecule has 1 aromatic carbocycles. The van der Waals surface area contributed by atoms with E-state index >= 15 is 0 Å². The van der Waals surface area contributed by atoms with E-state index in [1.807, 2.05) is 0 Å². The van der Waals surface area contributed by atoms with Crippen molar-refractivity contribution in [3.8, 4) is 17.9 Å². The molecule has 1 nitrogen and oxygen atoms in total. The molecule has 0 radical (unpaired) electrons. The summed E-state index contributed by atoms with van der Waals surface area (Å²) in [7, 11) is 0. The fourth-order valence-corrected chi connectivity index (χ4v) is 1.00. The molecule has 0 amide bonds. The van der Waals surface area contributed by atoms with Crippen molar-refractivity contribution < 1.29 is 4.39 Å². The second-order valence-electron chi connectivity index (χ2n) is 2.44. The SMILES string of the molecule is Cc1cc(F)c(C#CC#N)cc1Cl.